The predicted molar refractivity (Wildman–Crippen MR) is 82.8 cm³/mol. The summed E-state index contributed by atoms with van der Waals surface area (Å²) in [6.45, 7) is 11.5. The molecule has 0 aliphatic rings. The van der Waals surface area contributed by atoms with Crippen LogP contribution in [0.4, 0.5) is 0 Å². The molecule has 4 nitrogen and oxygen atoms in total. The van der Waals surface area contributed by atoms with Gasteiger partial charge in [-0.15, -0.1) is 0 Å². The Hall–Kier alpha value is -0.610. The highest BCUT2D eigenvalue weighted by molar-refractivity contribution is 5.77. The minimum absolute atomic E-state index is 0.0337. The molecule has 0 spiro atoms. The van der Waals surface area contributed by atoms with Crippen LogP contribution in [0.3, 0.4) is 0 Å². The van der Waals surface area contributed by atoms with Crippen LogP contribution in [0.25, 0.3) is 0 Å². The standard InChI is InChI=1S/C16H33NO3/c1-14(2)7-5-9-17-16(18)13-20-12-11-19-10-6-8-15(3)4/h14-15H,5-13H2,1-4H3,(H,17,18). The number of carbonyl (C=O) groups excluding carboxylic acids is 1. The van der Waals surface area contributed by atoms with E-state index in [1.54, 1.807) is 0 Å². The number of hydrogen-bond acceptors (Lipinski definition) is 3. The van der Waals surface area contributed by atoms with E-state index in [2.05, 4.69) is 33.0 Å². The quantitative estimate of drug-likeness (QED) is 0.530. The van der Waals surface area contributed by atoms with Crippen molar-refractivity contribution in [3.63, 3.8) is 0 Å². The van der Waals surface area contributed by atoms with Crippen LogP contribution in [0.2, 0.25) is 0 Å². The van der Waals surface area contributed by atoms with Gasteiger partial charge in [0.2, 0.25) is 5.91 Å². The second-order valence-corrected chi connectivity index (χ2v) is 6.09. The summed E-state index contributed by atoms with van der Waals surface area (Å²) in [4.78, 5) is 11.4. The molecule has 0 aromatic carbocycles. The minimum atomic E-state index is -0.0337. The number of nitrogens with one attached hydrogen (secondary N) is 1. The first kappa shape index (κ1) is 19.4. The molecular weight excluding hydrogens is 254 g/mol. The first-order valence-electron chi connectivity index (χ1n) is 7.94. The van der Waals surface area contributed by atoms with Crippen LogP contribution in [0.1, 0.15) is 53.4 Å². The maximum Gasteiger partial charge on any atom is 0.245 e. The summed E-state index contributed by atoms with van der Waals surface area (Å²) in [5.41, 5.74) is 0. The van der Waals surface area contributed by atoms with Gasteiger partial charge in [0, 0.05) is 13.2 Å². The molecule has 120 valence electrons. The van der Waals surface area contributed by atoms with E-state index < -0.39 is 0 Å². The van der Waals surface area contributed by atoms with Crippen molar-refractivity contribution in [2.24, 2.45) is 11.8 Å². The van der Waals surface area contributed by atoms with Crippen molar-refractivity contribution in [2.45, 2.75) is 53.4 Å². The Labute approximate surface area is 124 Å². The lowest BCUT2D eigenvalue weighted by molar-refractivity contribution is -0.126. The molecule has 0 aromatic rings. The Balaban J connectivity index is 3.19. The highest BCUT2D eigenvalue weighted by Gasteiger charge is 2.01. The lowest BCUT2D eigenvalue weighted by Crippen LogP contribution is -2.29. The molecule has 0 saturated carbocycles. The van der Waals surface area contributed by atoms with E-state index >= 15 is 0 Å². The van der Waals surface area contributed by atoms with Gasteiger partial charge in [0.05, 0.1) is 13.2 Å². The Kier molecular flexibility index (Phi) is 13.0. The second kappa shape index (κ2) is 13.4. The summed E-state index contributed by atoms with van der Waals surface area (Å²) >= 11 is 0. The molecule has 0 atom stereocenters. The monoisotopic (exact) mass is 287 g/mol. The van der Waals surface area contributed by atoms with Crippen LogP contribution < -0.4 is 5.32 Å². The Morgan fingerprint density at radius 1 is 0.900 bits per heavy atom. The van der Waals surface area contributed by atoms with Crippen molar-refractivity contribution < 1.29 is 14.3 Å². The Bertz CT molecular complexity index is 230. The third kappa shape index (κ3) is 15.4. The molecule has 1 amide bonds. The van der Waals surface area contributed by atoms with Crippen molar-refractivity contribution in [1.82, 2.24) is 5.32 Å². The fourth-order valence-electron chi connectivity index (χ4n) is 1.77. The van der Waals surface area contributed by atoms with Crippen molar-refractivity contribution in [1.29, 1.82) is 0 Å². The molecule has 0 unspecified atom stereocenters. The van der Waals surface area contributed by atoms with Gasteiger partial charge in [-0.25, -0.2) is 0 Å². The topological polar surface area (TPSA) is 47.6 Å². The molecule has 0 radical (unpaired) electrons. The van der Waals surface area contributed by atoms with Crippen LogP contribution in [0, 0.1) is 11.8 Å². The van der Waals surface area contributed by atoms with Crippen molar-refractivity contribution >= 4 is 5.91 Å². The first-order chi connectivity index (χ1) is 9.52. The molecule has 0 fully saturated rings. The van der Waals surface area contributed by atoms with Crippen LogP contribution in [0.5, 0.6) is 0 Å². The van der Waals surface area contributed by atoms with Gasteiger partial charge in [0.1, 0.15) is 6.61 Å². The molecule has 20 heavy (non-hydrogen) atoms. The number of hydrogen-bond donors (Lipinski definition) is 1. The summed E-state index contributed by atoms with van der Waals surface area (Å²) < 4.78 is 10.7. The van der Waals surface area contributed by atoms with E-state index in [1.165, 1.54) is 6.42 Å². The first-order valence-corrected chi connectivity index (χ1v) is 7.94. The largest absolute Gasteiger partial charge is 0.379 e. The number of rotatable bonds is 13. The van der Waals surface area contributed by atoms with Gasteiger partial charge in [0.15, 0.2) is 0 Å². The molecule has 0 aromatic heterocycles. The third-order valence-electron chi connectivity index (χ3n) is 2.96. The van der Waals surface area contributed by atoms with Crippen LogP contribution in [0.15, 0.2) is 0 Å². The highest BCUT2D eigenvalue weighted by atomic mass is 16.5. The number of carbonyl (C=O) groups is 1. The Morgan fingerprint density at radius 2 is 1.50 bits per heavy atom. The van der Waals surface area contributed by atoms with Crippen molar-refractivity contribution in [3.8, 4) is 0 Å². The van der Waals surface area contributed by atoms with Crippen molar-refractivity contribution in [3.05, 3.63) is 0 Å². The summed E-state index contributed by atoms with van der Waals surface area (Å²) in [5.74, 6) is 1.39. The normalized spacial score (nSPS) is 11.3. The van der Waals surface area contributed by atoms with Gasteiger partial charge >= 0.3 is 0 Å². The summed E-state index contributed by atoms with van der Waals surface area (Å²) in [6, 6.07) is 0. The summed E-state index contributed by atoms with van der Waals surface area (Å²) in [5, 5.41) is 2.86. The lowest BCUT2D eigenvalue weighted by Gasteiger charge is -2.08. The molecule has 0 aliphatic heterocycles. The second-order valence-electron chi connectivity index (χ2n) is 6.09. The van der Waals surface area contributed by atoms with Gasteiger partial charge < -0.3 is 14.8 Å². The van der Waals surface area contributed by atoms with E-state index in [9.17, 15) is 4.79 Å². The molecule has 0 saturated heterocycles. The van der Waals surface area contributed by atoms with Gasteiger partial charge in [-0.2, -0.15) is 0 Å². The van der Waals surface area contributed by atoms with E-state index in [-0.39, 0.29) is 12.5 Å². The fourth-order valence-corrected chi connectivity index (χ4v) is 1.77. The van der Waals surface area contributed by atoms with Crippen LogP contribution >= 0.6 is 0 Å². The third-order valence-corrected chi connectivity index (χ3v) is 2.96. The zero-order valence-electron chi connectivity index (χ0n) is 13.7. The average Bonchev–Trinajstić information content (AvgIpc) is 2.37. The highest BCUT2D eigenvalue weighted by Crippen LogP contribution is 2.03. The maximum atomic E-state index is 11.4. The average molecular weight is 287 g/mol. The predicted octanol–water partition coefficient (Wildman–Crippen LogP) is 3.01. The SMILES string of the molecule is CC(C)CCCNC(=O)COCCOCCCC(C)C. The van der Waals surface area contributed by atoms with E-state index in [0.29, 0.717) is 19.1 Å². The smallest absolute Gasteiger partial charge is 0.245 e. The molecule has 0 heterocycles. The van der Waals surface area contributed by atoms with E-state index in [0.717, 1.165) is 38.3 Å². The minimum Gasteiger partial charge on any atom is -0.379 e. The molecule has 1 N–H and O–H groups in total. The molecule has 0 aliphatic carbocycles. The van der Waals surface area contributed by atoms with Gasteiger partial charge in [-0.1, -0.05) is 27.7 Å². The molecular formula is C16H33NO3. The number of ether oxygens (including phenoxy) is 2. The summed E-state index contributed by atoms with van der Waals surface area (Å²) in [6.07, 6.45) is 4.46. The zero-order valence-corrected chi connectivity index (χ0v) is 13.7. The fraction of sp³-hybridized carbons (Fsp3) is 0.938. The molecule has 4 heteroatoms. The maximum absolute atomic E-state index is 11.4. The lowest BCUT2D eigenvalue weighted by atomic mass is 10.1. The van der Waals surface area contributed by atoms with Gasteiger partial charge in [-0.05, 0) is 37.5 Å². The van der Waals surface area contributed by atoms with E-state index in [4.69, 9.17) is 9.47 Å². The zero-order chi connectivity index (χ0) is 15.2. The van der Waals surface area contributed by atoms with E-state index in [1.807, 2.05) is 0 Å². The van der Waals surface area contributed by atoms with Crippen LogP contribution in [-0.2, 0) is 14.3 Å². The van der Waals surface area contributed by atoms with Gasteiger partial charge in [0.25, 0.3) is 0 Å². The molecule has 0 bridgehead atoms. The summed E-state index contributed by atoms with van der Waals surface area (Å²) in [7, 11) is 0. The molecule has 0 rings (SSSR count). The van der Waals surface area contributed by atoms with Crippen LogP contribution in [-0.4, -0.2) is 38.9 Å². The number of amides is 1. The van der Waals surface area contributed by atoms with Crippen molar-refractivity contribution in [2.75, 3.05) is 33.0 Å². The van der Waals surface area contributed by atoms with Gasteiger partial charge in [-0.3, -0.25) is 4.79 Å². The Morgan fingerprint density at radius 3 is 2.15 bits per heavy atom.